The number of methoxy groups -OCH3 is 2. The smallest absolute Gasteiger partial charge is 0.397 e. The molecule has 0 unspecified atom stereocenters. The van der Waals surface area contributed by atoms with Crippen LogP contribution in [0.1, 0.15) is 5.56 Å². The average Bonchev–Trinajstić information content (AvgIpc) is 3.22. The van der Waals surface area contributed by atoms with Crippen molar-refractivity contribution in [2.24, 2.45) is 20.5 Å². The summed E-state index contributed by atoms with van der Waals surface area (Å²) in [4.78, 5) is 0.515. The van der Waals surface area contributed by atoms with Crippen LogP contribution in [0.3, 0.4) is 0 Å². The Hall–Kier alpha value is -6.02. The number of phenolic OH excluding ortho intramolecular Hbond substituents is 1. The minimum Gasteiger partial charge on any atom is -0.505 e. The Morgan fingerprint density at radius 1 is 0.742 bits per heavy atom. The number of fused-ring (bicyclic) bond motifs is 1. The van der Waals surface area contributed by atoms with Crippen molar-refractivity contribution < 1.29 is 61.5 Å². The monoisotopic (exact) mass is 932 g/mol. The van der Waals surface area contributed by atoms with Gasteiger partial charge in [0.15, 0.2) is 25.4 Å². The first-order chi connectivity index (χ1) is 29.2. The topological polar surface area (TPSA) is 290 Å². The lowest BCUT2D eigenvalue weighted by molar-refractivity contribution is 0.283. The minimum atomic E-state index is -5.15. The number of sulfone groups is 2. The van der Waals surface area contributed by atoms with Crippen LogP contribution in [0.25, 0.3) is 10.8 Å². The molecule has 330 valence electrons. The van der Waals surface area contributed by atoms with E-state index < -0.39 is 73.8 Å². The third-order valence-corrected chi connectivity index (χ3v) is 13.2. The van der Waals surface area contributed by atoms with Gasteiger partial charge in [0.2, 0.25) is 0 Å². The van der Waals surface area contributed by atoms with Crippen molar-refractivity contribution in [3.63, 3.8) is 0 Å². The zero-order valence-electron chi connectivity index (χ0n) is 33.1. The molecule has 0 saturated carbocycles. The molecule has 0 aliphatic rings. The number of phenols is 1. The van der Waals surface area contributed by atoms with Crippen molar-refractivity contribution in [2.75, 3.05) is 56.1 Å². The molecule has 20 nitrogen and oxygen atoms in total. The van der Waals surface area contributed by atoms with E-state index in [2.05, 4.69) is 36.5 Å². The molecule has 62 heavy (non-hydrogen) atoms. The number of nitrogens with zero attached hydrogens (tertiary/aromatic N) is 5. The Bertz CT molecular complexity index is 3000. The number of anilines is 2. The number of rotatable bonds is 20. The molecule has 0 aromatic heterocycles. The van der Waals surface area contributed by atoms with Crippen LogP contribution in [-0.2, 0) is 50.9 Å². The summed E-state index contributed by atoms with van der Waals surface area (Å²) in [5.74, 6) is -2.37. The molecule has 0 fully saturated rings. The maximum Gasteiger partial charge on any atom is 0.397 e. The third kappa shape index (κ3) is 11.7. The Morgan fingerprint density at radius 2 is 1.44 bits per heavy atom. The number of hydrogen-bond acceptors (Lipinski definition) is 18. The quantitative estimate of drug-likeness (QED) is 0.0459. The van der Waals surface area contributed by atoms with Crippen molar-refractivity contribution in [1.82, 2.24) is 0 Å². The van der Waals surface area contributed by atoms with Crippen LogP contribution in [0.15, 0.2) is 127 Å². The van der Waals surface area contributed by atoms with Crippen molar-refractivity contribution in [2.45, 2.75) is 16.3 Å². The van der Waals surface area contributed by atoms with Crippen LogP contribution in [-0.4, -0.2) is 93.8 Å². The summed E-state index contributed by atoms with van der Waals surface area (Å²) in [6, 6.07) is 22.2. The standard InChI is InChI=1S/C38H40N6O14S4/c1-5-59(46,47)18-16-44(27-12-7-6-8-13-27)24-25-10-9-11-26(20-25)40-42-36-29-21-35(61(50,51)52)37(38(45)28(29)14-15-30(36)39-2)43-41-31-22-33(57-4)34(23-32(31)56-3)60(48,49)19-17-58-62(53,54)55/h5-15,20-23,39,45H,1,16-19,24H2,2-4H3,(H,50,51,52)(H,53,54,55)/b42-40+,43-41+. The molecule has 5 aromatic carbocycles. The first kappa shape index (κ1) is 47.0. The second-order valence-electron chi connectivity index (χ2n) is 13.0. The SMILES string of the molecule is C=CS(=O)(=O)CCN(Cc1cccc(/N=N/c2c(NC)ccc3c(O)c(/N=N/c4cc(OC)c(S(=O)(=O)CCOS(=O)(=O)O)cc4OC)c(S(=O)(=O)O)cc23)c1)c1ccccc1. The highest BCUT2D eigenvalue weighted by atomic mass is 32.3. The molecule has 0 radical (unpaired) electrons. The lowest BCUT2D eigenvalue weighted by atomic mass is 10.1. The van der Waals surface area contributed by atoms with Gasteiger partial charge in [0.25, 0.3) is 10.1 Å². The van der Waals surface area contributed by atoms with Gasteiger partial charge in [-0.15, -0.1) is 15.3 Å². The van der Waals surface area contributed by atoms with Crippen LogP contribution < -0.4 is 19.7 Å². The van der Waals surface area contributed by atoms with Crippen LogP contribution in [0.4, 0.5) is 34.1 Å². The van der Waals surface area contributed by atoms with Crippen molar-refractivity contribution >= 4 is 85.1 Å². The number of aromatic hydroxyl groups is 1. The summed E-state index contributed by atoms with van der Waals surface area (Å²) in [5.41, 5.74) is 1.38. The summed E-state index contributed by atoms with van der Waals surface area (Å²) in [5, 5.41) is 32.1. The molecule has 0 spiro atoms. The van der Waals surface area contributed by atoms with E-state index in [0.29, 0.717) is 17.9 Å². The summed E-state index contributed by atoms with van der Waals surface area (Å²) in [7, 11) is -14.0. The normalized spacial score (nSPS) is 12.5. The fourth-order valence-corrected chi connectivity index (χ4v) is 8.90. The molecule has 0 saturated heterocycles. The van der Waals surface area contributed by atoms with Crippen molar-refractivity contribution in [1.29, 1.82) is 0 Å². The van der Waals surface area contributed by atoms with E-state index >= 15 is 0 Å². The molecule has 0 amide bonds. The van der Waals surface area contributed by atoms with Gasteiger partial charge >= 0.3 is 10.4 Å². The molecule has 0 bridgehead atoms. The molecule has 0 heterocycles. The van der Waals surface area contributed by atoms with Gasteiger partial charge in [-0.25, -0.2) is 21.0 Å². The summed E-state index contributed by atoms with van der Waals surface area (Å²) < 4.78 is 132. The average molecular weight is 933 g/mol. The van der Waals surface area contributed by atoms with Crippen LogP contribution in [0.5, 0.6) is 17.2 Å². The number of ether oxygens (including phenoxy) is 2. The van der Waals surface area contributed by atoms with Gasteiger partial charge in [-0.05, 0) is 48.0 Å². The number of hydrogen-bond donors (Lipinski definition) is 4. The third-order valence-electron chi connectivity index (χ3n) is 8.97. The predicted octanol–water partition coefficient (Wildman–Crippen LogP) is 6.84. The first-order valence-electron chi connectivity index (χ1n) is 17.9. The Labute approximate surface area is 357 Å². The molecule has 5 aromatic rings. The molecular weight excluding hydrogens is 893 g/mol. The van der Waals surface area contributed by atoms with E-state index in [-0.39, 0.29) is 45.9 Å². The molecule has 5 rings (SSSR count). The first-order valence-corrected chi connectivity index (χ1v) is 24.0. The van der Waals surface area contributed by atoms with Crippen molar-refractivity contribution in [3.8, 4) is 17.2 Å². The lowest BCUT2D eigenvalue weighted by Gasteiger charge is -2.25. The van der Waals surface area contributed by atoms with E-state index in [0.717, 1.165) is 49.1 Å². The van der Waals surface area contributed by atoms with E-state index in [4.69, 9.17) is 14.0 Å². The predicted molar refractivity (Wildman–Crippen MR) is 230 cm³/mol. The van der Waals surface area contributed by atoms with Crippen molar-refractivity contribution in [3.05, 3.63) is 102 Å². The zero-order valence-corrected chi connectivity index (χ0v) is 36.4. The molecule has 24 heteroatoms. The number of para-hydroxylation sites is 1. The molecule has 0 aliphatic heterocycles. The van der Waals surface area contributed by atoms with Gasteiger partial charge in [0, 0.05) is 54.1 Å². The van der Waals surface area contributed by atoms with E-state index in [1.807, 2.05) is 41.3 Å². The largest absolute Gasteiger partial charge is 0.505 e. The number of azo groups is 2. The van der Waals surface area contributed by atoms with Crippen LogP contribution in [0.2, 0.25) is 0 Å². The summed E-state index contributed by atoms with van der Waals surface area (Å²) >= 11 is 0. The second-order valence-corrected chi connectivity index (χ2v) is 19.6. The van der Waals surface area contributed by atoms with Gasteiger partial charge < -0.3 is 24.8 Å². The van der Waals surface area contributed by atoms with Gasteiger partial charge in [-0.1, -0.05) is 36.9 Å². The number of benzene rings is 5. The van der Waals surface area contributed by atoms with Gasteiger partial charge in [0.1, 0.15) is 38.4 Å². The molecule has 0 aliphatic carbocycles. The molecule has 4 N–H and O–H groups in total. The fourth-order valence-electron chi connectivity index (χ4n) is 5.95. The Morgan fingerprint density at radius 3 is 2.06 bits per heavy atom. The van der Waals surface area contributed by atoms with E-state index in [9.17, 15) is 43.3 Å². The fraction of sp³-hybridized carbons (Fsp3) is 0.211. The molecule has 0 atom stereocenters. The lowest BCUT2D eigenvalue weighted by Crippen LogP contribution is -2.28. The highest BCUT2D eigenvalue weighted by Crippen LogP contribution is 2.47. The van der Waals surface area contributed by atoms with Crippen LogP contribution in [0, 0.1) is 0 Å². The Kier molecular flexibility index (Phi) is 14.7. The number of nitrogens with one attached hydrogen (secondary N) is 1. The van der Waals surface area contributed by atoms with E-state index in [1.54, 1.807) is 25.2 Å². The maximum absolute atomic E-state index is 13.0. The Balaban J connectivity index is 1.54. The van der Waals surface area contributed by atoms with Gasteiger partial charge in [-0.3, -0.25) is 9.11 Å². The summed E-state index contributed by atoms with van der Waals surface area (Å²) in [6.45, 7) is 2.94. The highest BCUT2D eigenvalue weighted by Gasteiger charge is 2.27. The summed E-state index contributed by atoms with van der Waals surface area (Å²) in [6.07, 6.45) is 0. The molecular formula is C38H40N6O14S4. The second kappa shape index (κ2) is 19.4. The van der Waals surface area contributed by atoms with E-state index in [1.165, 1.54) is 12.1 Å². The highest BCUT2D eigenvalue weighted by molar-refractivity contribution is 7.94. The van der Waals surface area contributed by atoms with Gasteiger partial charge in [0.05, 0.1) is 43.7 Å². The van der Waals surface area contributed by atoms with Gasteiger partial charge in [-0.2, -0.15) is 21.9 Å². The van der Waals surface area contributed by atoms with Crippen LogP contribution >= 0.6 is 0 Å². The zero-order chi connectivity index (χ0) is 45.5. The minimum absolute atomic E-state index is 0.0131. The maximum atomic E-state index is 13.0.